The summed E-state index contributed by atoms with van der Waals surface area (Å²) in [4.78, 5) is 0. The van der Waals surface area contributed by atoms with Gasteiger partial charge in [0.05, 0.1) is 0 Å². The third-order valence-corrected chi connectivity index (χ3v) is 18.9. The van der Waals surface area contributed by atoms with E-state index in [0.717, 1.165) is 12.8 Å². The van der Waals surface area contributed by atoms with E-state index in [0.29, 0.717) is 0 Å². The Kier molecular flexibility index (Phi) is 16.4. The van der Waals surface area contributed by atoms with Crippen molar-refractivity contribution in [2.24, 2.45) is 0 Å². The van der Waals surface area contributed by atoms with E-state index in [4.69, 9.17) is 0 Å². The second kappa shape index (κ2) is 16.4. The van der Waals surface area contributed by atoms with E-state index in [1.165, 1.54) is 51.8 Å². The zero-order chi connectivity index (χ0) is 18.1. The van der Waals surface area contributed by atoms with E-state index in [9.17, 15) is 5.11 Å². The van der Waals surface area contributed by atoms with Gasteiger partial charge in [-0.25, -0.2) is 0 Å². The predicted octanol–water partition coefficient (Wildman–Crippen LogP) is 7.20. The summed E-state index contributed by atoms with van der Waals surface area (Å²) in [7, 11) is 0. The molecular formula is C22H42OSn. The maximum absolute atomic E-state index is 9.70. The Balaban J connectivity index is 4.79. The molecule has 0 aliphatic carbocycles. The summed E-state index contributed by atoms with van der Waals surface area (Å²) in [5.74, 6) is 0. The van der Waals surface area contributed by atoms with E-state index in [1.807, 2.05) is 12.2 Å². The van der Waals surface area contributed by atoms with Crippen LogP contribution in [0.2, 0.25) is 13.3 Å². The van der Waals surface area contributed by atoms with Crippen LogP contribution in [0, 0.1) is 0 Å². The van der Waals surface area contributed by atoms with Crippen molar-refractivity contribution in [3.63, 3.8) is 0 Å². The van der Waals surface area contributed by atoms with Crippen molar-refractivity contribution in [1.82, 2.24) is 0 Å². The third kappa shape index (κ3) is 12.4. The summed E-state index contributed by atoms with van der Waals surface area (Å²) in [5, 5.41) is 9.70. The summed E-state index contributed by atoms with van der Waals surface area (Å²) in [6.07, 6.45) is 20.3. The molecule has 2 heteroatoms. The molecule has 0 aromatic rings. The number of hydrogen-bond donors (Lipinski definition) is 1. The van der Waals surface area contributed by atoms with Crippen LogP contribution < -0.4 is 0 Å². The van der Waals surface area contributed by atoms with Crippen LogP contribution in [-0.2, 0) is 0 Å². The molecule has 0 aromatic carbocycles. The number of aliphatic hydroxyl groups is 1. The van der Waals surface area contributed by atoms with E-state index in [2.05, 4.69) is 50.0 Å². The van der Waals surface area contributed by atoms with Crippen LogP contribution in [0.3, 0.4) is 0 Å². The molecule has 1 unspecified atom stereocenters. The standard InChI is InChI=1S/C10H15O.3C4H9.Sn/c1-3-5-6-7-9-10(11)8-4-2;3*1-3-4-2;/h1,3,5-7,9-11H,4,8H2,2H3;3*1,3-4H2,2H3;/b3-1?,6-5-,9-7+;;;;. The van der Waals surface area contributed by atoms with Gasteiger partial charge in [0.15, 0.2) is 0 Å². The first-order valence-electron chi connectivity index (χ1n) is 10.3. The van der Waals surface area contributed by atoms with Crippen LogP contribution in [0.15, 0.2) is 34.5 Å². The average Bonchev–Trinajstić information content (AvgIpc) is 2.59. The topological polar surface area (TPSA) is 20.2 Å². The summed E-state index contributed by atoms with van der Waals surface area (Å²) >= 11 is -2.10. The Morgan fingerprint density at radius 1 is 0.708 bits per heavy atom. The Bertz CT molecular complexity index is 335. The molecule has 0 radical (unpaired) electrons. The minimum absolute atomic E-state index is 0.291. The maximum atomic E-state index is 9.70. The van der Waals surface area contributed by atoms with Gasteiger partial charge in [-0.2, -0.15) is 0 Å². The molecule has 0 aromatic heterocycles. The quantitative estimate of drug-likeness (QED) is 0.210. The Morgan fingerprint density at radius 3 is 1.67 bits per heavy atom. The van der Waals surface area contributed by atoms with Crippen molar-refractivity contribution in [2.75, 3.05) is 0 Å². The normalized spacial score (nSPS) is 14.4. The Labute approximate surface area is 156 Å². The van der Waals surface area contributed by atoms with E-state index in [1.54, 1.807) is 0 Å². The number of allylic oxidation sites excluding steroid dienone is 4. The summed E-state index contributed by atoms with van der Waals surface area (Å²) in [5.41, 5.74) is 0. The van der Waals surface area contributed by atoms with Gasteiger partial charge in [-0.3, -0.25) is 0 Å². The van der Waals surface area contributed by atoms with Crippen LogP contribution in [-0.4, -0.2) is 29.6 Å². The average molecular weight is 441 g/mol. The molecule has 0 amide bonds. The van der Waals surface area contributed by atoms with Gasteiger partial charge in [0.1, 0.15) is 0 Å². The number of rotatable bonds is 15. The fourth-order valence-electron chi connectivity index (χ4n) is 3.18. The summed E-state index contributed by atoms with van der Waals surface area (Å²) in [6.45, 7) is 9.08. The Hall–Kier alpha value is -0.0213. The molecule has 0 spiro atoms. The molecule has 0 heterocycles. The third-order valence-electron chi connectivity index (χ3n) is 4.79. The molecule has 1 N–H and O–H groups in total. The molecule has 0 aliphatic rings. The first kappa shape index (κ1) is 24.0. The SMILES string of the molecule is CCC[CH2][Sn](/[CH]=C/C=C\C=C\C(O)CCC)([CH2]CCC)[CH2]CCC. The van der Waals surface area contributed by atoms with Crippen molar-refractivity contribution in [2.45, 2.75) is 98.5 Å². The zero-order valence-electron chi connectivity index (χ0n) is 16.8. The molecule has 0 saturated heterocycles. The van der Waals surface area contributed by atoms with Crippen LogP contribution in [0.5, 0.6) is 0 Å². The first-order valence-corrected chi connectivity index (χ1v) is 18.0. The molecule has 0 bridgehead atoms. The molecule has 0 saturated carbocycles. The van der Waals surface area contributed by atoms with E-state index in [-0.39, 0.29) is 6.10 Å². The second-order valence-corrected chi connectivity index (χ2v) is 20.2. The molecule has 0 fully saturated rings. The van der Waals surface area contributed by atoms with Gasteiger partial charge in [0.2, 0.25) is 0 Å². The van der Waals surface area contributed by atoms with Gasteiger partial charge in [0, 0.05) is 0 Å². The van der Waals surface area contributed by atoms with Gasteiger partial charge < -0.3 is 0 Å². The van der Waals surface area contributed by atoms with Crippen LogP contribution in [0.25, 0.3) is 0 Å². The van der Waals surface area contributed by atoms with Crippen molar-refractivity contribution in [3.05, 3.63) is 34.5 Å². The fraction of sp³-hybridized carbons (Fsp3) is 0.727. The second-order valence-electron chi connectivity index (χ2n) is 7.16. The molecule has 0 rings (SSSR count). The van der Waals surface area contributed by atoms with Gasteiger partial charge >= 0.3 is 156 Å². The summed E-state index contributed by atoms with van der Waals surface area (Å²) in [6, 6.07) is 0. The first-order chi connectivity index (χ1) is 11.6. The number of hydrogen-bond acceptors (Lipinski definition) is 1. The molecule has 0 aliphatic heterocycles. The minimum atomic E-state index is -2.10. The van der Waals surface area contributed by atoms with Crippen LogP contribution >= 0.6 is 0 Å². The van der Waals surface area contributed by atoms with Crippen LogP contribution in [0.4, 0.5) is 0 Å². The molecule has 24 heavy (non-hydrogen) atoms. The van der Waals surface area contributed by atoms with Crippen molar-refractivity contribution < 1.29 is 5.11 Å². The molecule has 1 atom stereocenters. The van der Waals surface area contributed by atoms with Gasteiger partial charge in [-0.1, -0.05) is 0 Å². The number of aliphatic hydroxyl groups excluding tert-OH is 1. The Morgan fingerprint density at radius 2 is 1.21 bits per heavy atom. The van der Waals surface area contributed by atoms with E-state index >= 15 is 0 Å². The number of unbranched alkanes of at least 4 members (excludes halogenated alkanes) is 3. The molecule has 140 valence electrons. The van der Waals surface area contributed by atoms with Crippen molar-refractivity contribution >= 4 is 18.4 Å². The predicted molar refractivity (Wildman–Crippen MR) is 113 cm³/mol. The van der Waals surface area contributed by atoms with Gasteiger partial charge in [-0.15, -0.1) is 0 Å². The molecule has 1 nitrogen and oxygen atoms in total. The van der Waals surface area contributed by atoms with E-state index < -0.39 is 18.4 Å². The fourth-order valence-corrected chi connectivity index (χ4v) is 17.3. The van der Waals surface area contributed by atoms with Crippen molar-refractivity contribution in [1.29, 1.82) is 0 Å². The van der Waals surface area contributed by atoms with Gasteiger partial charge in [0.25, 0.3) is 0 Å². The van der Waals surface area contributed by atoms with Gasteiger partial charge in [-0.05, 0) is 0 Å². The summed E-state index contributed by atoms with van der Waals surface area (Å²) < 4.78 is 7.27. The zero-order valence-corrected chi connectivity index (χ0v) is 19.6. The monoisotopic (exact) mass is 442 g/mol. The molecular weight excluding hydrogens is 399 g/mol. The van der Waals surface area contributed by atoms with Crippen LogP contribution in [0.1, 0.15) is 79.1 Å². The van der Waals surface area contributed by atoms with Crippen molar-refractivity contribution in [3.8, 4) is 0 Å².